The number of fused-ring (bicyclic) bond motifs is 1. The Hall–Kier alpha value is -4.90. The van der Waals surface area contributed by atoms with Crippen molar-refractivity contribution in [1.29, 1.82) is 0 Å². The van der Waals surface area contributed by atoms with E-state index in [0.717, 1.165) is 39.9 Å². The minimum atomic E-state index is -0.565. The number of rotatable bonds is 14. The zero-order chi connectivity index (χ0) is 36.5. The van der Waals surface area contributed by atoms with Gasteiger partial charge in [0.2, 0.25) is 11.8 Å². The Bertz CT molecular complexity index is 1950. The monoisotopic (exact) mass is 701 g/mol. The summed E-state index contributed by atoms with van der Waals surface area (Å²) in [5.74, 6) is -0.653. The van der Waals surface area contributed by atoms with E-state index in [2.05, 4.69) is 84.9 Å². The molecule has 52 heavy (non-hydrogen) atoms. The molecule has 0 aliphatic carbocycles. The molecule has 0 spiro atoms. The fourth-order valence-corrected chi connectivity index (χ4v) is 6.68. The normalized spacial score (nSPS) is 17.9. The van der Waals surface area contributed by atoms with Crippen molar-refractivity contribution >= 4 is 22.6 Å². The highest BCUT2D eigenvalue weighted by Crippen LogP contribution is 2.39. The Morgan fingerprint density at radius 2 is 1.52 bits per heavy atom. The van der Waals surface area contributed by atoms with Crippen LogP contribution in [0.3, 0.4) is 0 Å². The van der Waals surface area contributed by atoms with Crippen molar-refractivity contribution in [3.8, 4) is 11.1 Å². The smallest absolute Gasteiger partial charge is 0.243 e. The summed E-state index contributed by atoms with van der Waals surface area (Å²) in [7, 11) is 2.15. The van der Waals surface area contributed by atoms with Crippen LogP contribution in [0.25, 0.3) is 21.9 Å². The van der Waals surface area contributed by atoms with E-state index in [4.69, 9.17) is 14.7 Å². The van der Waals surface area contributed by atoms with Crippen LogP contribution < -0.4 is 10.8 Å². The van der Waals surface area contributed by atoms with Crippen molar-refractivity contribution in [2.45, 2.75) is 70.3 Å². The van der Waals surface area contributed by atoms with E-state index in [1.165, 1.54) is 16.3 Å². The number of nitrogens with zero attached hydrogens (tertiary/aromatic N) is 1. The Labute approximate surface area is 305 Å². The predicted octanol–water partition coefficient (Wildman–Crippen LogP) is 7.53. The van der Waals surface area contributed by atoms with Gasteiger partial charge in [-0.1, -0.05) is 103 Å². The lowest BCUT2D eigenvalue weighted by Crippen LogP contribution is -2.38. The number of carbonyl (C=O) groups is 2. The summed E-state index contributed by atoms with van der Waals surface area (Å²) >= 11 is 0. The molecule has 6 rings (SSSR count). The Morgan fingerprint density at radius 1 is 0.788 bits per heavy atom. The van der Waals surface area contributed by atoms with Gasteiger partial charge in [0.1, 0.15) is 0 Å². The van der Waals surface area contributed by atoms with Gasteiger partial charge in [-0.2, -0.15) is 0 Å². The van der Waals surface area contributed by atoms with Gasteiger partial charge in [0.05, 0.1) is 18.8 Å². The molecule has 5 aromatic rings. The number of nitrogens with one attached hydrogen (secondary N) is 2. The molecule has 2 amide bonds. The van der Waals surface area contributed by atoms with Crippen molar-refractivity contribution in [2.75, 3.05) is 13.6 Å². The topological polar surface area (TPSA) is 120 Å². The highest BCUT2D eigenvalue weighted by atomic mass is 16.7. The molecule has 270 valence electrons. The Balaban J connectivity index is 1.14. The van der Waals surface area contributed by atoms with Gasteiger partial charge >= 0.3 is 0 Å². The Kier molecular flexibility index (Phi) is 12.4. The molecule has 0 unspecified atom stereocenters. The van der Waals surface area contributed by atoms with Crippen LogP contribution in [0.15, 0.2) is 115 Å². The van der Waals surface area contributed by atoms with E-state index < -0.39 is 12.2 Å². The van der Waals surface area contributed by atoms with Crippen molar-refractivity contribution in [2.24, 2.45) is 0 Å². The van der Waals surface area contributed by atoms with Crippen molar-refractivity contribution < 1.29 is 29.4 Å². The van der Waals surface area contributed by atoms with E-state index in [0.29, 0.717) is 19.4 Å². The molecule has 1 fully saturated rings. The molecule has 1 aliphatic rings. The van der Waals surface area contributed by atoms with Gasteiger partial charge in [0, 0.05) is 44.0 Å². The summed E-state index contributed by atoms with van der Waals surface area (Å²) in [6, 6.07) is 39.5. The first kappa shape index (κ1) is 36.9. The first-order chi connectivity index (χ1) is 25.3. The van der Waals surface area contributed by atoms with Gasteiger partial charge < -0.3 is 19.9 Å². The number of aliphatic hydroxyl groups excluding tert-OH is 1. The second-order valence-electron chi connectivity index (χ2n) is 13.6. The third-order valence-electron chi connectivity index (χ3n) is 9.89. The largest absolute Gasteiger partial charge is 0.392 e. The van der Waals surface area contributed by atoms with Crippen LogP contribution in [0.4, 0.5) is 0 Å². The molecule has 0 saturated carbocycles. The van der Waals surface area contributed by atoms with Gasteiger partial charge in [0.25, 0.3) is 0 Å². The summed E-state index contributed by atoms with van der Waals surface area (Å²) in [4.78, 5) is 25.8. The van der Waals surface area contributed by atoms with Gasteiger partial charge in [-0.05, 0) is 76.7 Å². The van der Waals surface area contributed by atoms with Crippen molar-refractivity contribution in [3.63, 3.8) is 0 Å². The molecule has 0 aromatic heterocycles. The van der Waals surface area contributed by atoms with Crippen LogP contribution >= 0.6 is 0 Å². The Morgan fingerprint density at radius 3 is 2.27 bits per heavy atom. The number of hydroxylamine groups is 1. The van der Waals surface area contributed by atoms with Gasteiger partial charge in [-0.3, -0.25) is 19.7 Å². The number of amides is 2. The number of ether oxygens (including phenoxy) is 2. The average Bonchev–Trinajstić information content (AvgIpc) is 3.19. The zero-order valence-corrected chi connectivity index (χ0v) is 29.7. The lowest BCUT2D eigenvalue weighted by molar-refractivity contribution is -0.253. The third kappa shape index (κ3) is 9.50. The summed E-state index contributed by atoms with van der Waals surface area (Å²) in [5.41, 5.74) is 8.68. The molecule has 4 N–H and O–H groups in total. The fraction of sp³-hybridized carbons (Fsp3) is 0.302. The van der Waals surface area contributed by atoms with Gasteiger partial charge in [-0.15, -0.1) is 0 Å². The van der Waals surface area contributed by atoms with Crippen LogP contribution in [-0.4, -0.2) is 46.7 Å². The molecule has 1 aliphatic heterocycles. The first-order valence-electron chi connectivity index (χ1n) is 17.9. The molecular formula is C43H47N3O6. The van der Waals surface area contributed by atoms with Crippen LogP contribution in [0, 0.1) is 0 Å². The van der Waals surface area contributed by atoms with E-state index in [9.17, 15) is 14.7 Å². The zero-order valence-electron chi connectivity index (χ0n) is 29.7. The van der Waals surface area contributed by atoms with E-state index >= 15 is 0 Å². The van der Waals surface area contributed by atoms with Crippen LogP contribution in [0.2, 0.25) is 0 Å². The van der Waals surface area contributed by atoms with Crippen molar-refractivity contribution in [3.05, 3.63) is 143 Å². The molecule has 1 saturated heterocycles. The van der Waals surface area contributed by atoms with E-state index in [1.54, 1.807) is 5.48 Å². The molecule has 9 heteroatoms. The standard InChI is InChI=1S/C43H47N3O6/c1-29(36-22-19-32-8-3-4-9-38(32)24-36)46(2)27-39-25-40(34-15-13-30(28-47)14-16-34)52-43(51-39)35-20-17-33(18-21-35)37-10-5-7-31(23-37)26-44-41(48)11-6-12-42(49)45-50/h3-5,7-10,13-24,29,39-40,43,47,50H,6,11-12,25-28H2,1-2H3,(H,44,48)(H,45,49)/t29-,39-,40+,43+/m1/s1. The lowest BCUT2D eigenvalue weighted by Gasteiger charge is -2.39. The SMILES string of the molecule is C[C@H](c1ccc2ccccc2c1)N(C)C[C@H]1C[C@@H](c2ccc(CO)cc2)O[C@@H](c2ccc(-c3cccc(CNC(=O)CCCC(=O)NO)c3)cc2)O1. The minimum absolute atomic E-state index is 0.00505. The number of aliphatic hydroxyl groups is 1. The summed E-state index contributed by atoms with van der Waals surface area (Å²) in [5, 5.41) is 23.6. The first-order valence-corrected chi connectivity index (χ1v) is 17.9. The number of carbonyl (C=O) groups excluding carboxylic acids is 2. The minimum Gasteiger partial charge on any atom is -0.392 e. The van der Waals surface area contributed by atoms with Gasteiger partial charge in [0.15, 0.2) is 6.29 Å². The molecule has 4 atom stereocenters. The van der Waals surface area contributed by atoms with E-state index in [-0.39, 0.29) is 43.6 Å². The second-order valence-corrected chi connectivity index (χ2v) is 13.6. The van der Waals surface area contributed by atoms with Crippen LogP contribution in [-0.2, 0) is 32.2 Å². The molecule has 0 bridgehead atoms. The lowest BCUT2D eigenvalue weighted by atomic mass is 9.98. The molecule has 5 aromatic carbocycles. The average molecular weight is 702 g/mol. The maximum absolute atomic E-state index is 12.3. The van der Waals surface area contributed by atoms with Crippen LogP contribution in [0.5, 0.6) is 0 Å². The highest BCUT2D eigenvalue weighted by molar-refractivity contribution is 5.83. The molecule has 0 radical (unpaired) electrons. The second kappa shape index (κ2) is 17.5. The fourth-order valence-electron chi connectivity index (χ4n) is 6.68. The van der Waals surface area contributed by atoms with E-state index in [1.807, 2.05) is 54.6 Å². The molecule has 9 nitrogen and oxygen atoms in total. The predicted molar refractivity (Wildman–Crippen MR) is 201 cm³/mol. The maximum Gasteiger partial charge on any atom is 0.243 e. The number of benzene rings is 5. The summed E-state index contributed by atoms with van der Waals surface area (Å²) in [6.45, 7) is 3.32. The quantitative estimate of drug-likeness (QED) is 0.0698. The molecule has 1 heterocycles. The number of hydrogen-bond donors (Lipinski definition) is 4. The number of likely N-dealkylation sites (N-methyl/N-ethyl adjacent to an activating group) is 1. The molecular weight excluding hydrogens is 654 g/mol. The van der Waals surface area contributed by atoms with Crippen molar-refractivity contribution in [1.82, 2.24) is 15.7 Å². The van der Waals surface area contributed by atoms with Crippen LogP contribution in [0.1, 0.15) is 78.9 Å². The third-order valence-corrected chi connectivity index (χ3v) is 9.89. The summed E-state index contributed by atoms with van der Waals surface area (Å²) in [6.07, 6.45) is 0.515. The highest BCUT2D eigenvalue weighted by Gasteiger charge is 2.33. The van der Waals surface area contributed by atoms with Gasteiger partial charge in [-0.25, -0.2) is 5.48 Å². The number of hydrogen-bond acceptors (Lipinski definition) is 7. The maximum atomic E-state index is 12.3. The summed E-state index contributed by atoms with van der Waals surface area (Å²) < 4.78 is 13.3.